The van der Waals surface area contributed by atoms with Crippen LogP contribution in [-0.4, -0.2) is 18.0 Å². The molecule has 2 aliphatic rings. The van der Waals surface area contributed by atoms with Crippen molar-refractivity contribution >= 4 is 11.3 Å². The molecule has 0 aliphatic carbocycles. The van der Waals surface area contributed by atoms with Gasteiger partial charge in [0, 0.05) is 31.1 Å². The molecule has 1 N–H and O–H groups in total. The minimum Gasteiger partial charge on any atom is -0.312 e. The van der Waals surface area contributed by atoms with Crippen LogP contribution in [0.15, 0.2) is 29.6 Å². The highest BCUT2D eigenvalue weighted by atomic mass is 32.1. The van der Waals surface area contributed by atoms with Crippen LogP contribution in [0.5, 0.6) is 0 Å². The number of rotatable bonds is 2. The second kappa shape index (κ2) is 5.32. The third kappa shape index (κ3) is 2.41. The average molecular weight is 284 g/mol. The molecule has 3 heterocycles. The van der Waals surface area contributed by atoms with Crippen molar-refractivity contribution in [1.29, 1.82) is 0 Å². The summed E-state index contributed by atoms with van der Waals surface area (Å²) in [6.07, 6.45) is 2.40. The fraction of sp³-hybridized carbons (Fsp3) is 0.412. The molecule has 0 unspecified atom stereocenters. The molecule has 0 amide bonds. The van der Waals surface area contributed by atoms with E-state index in [-0.39, 0.29) is 0 Å². The molecular weight excluding hydrogens is 264 g/mol. The molecule has 0 spiro atoms. The second-order valence-corrected chi connectivity index (χ2v) is 6.86. The van der Waals surface area contributed by atoms with Gasteiger partial charge >= 0.3 is 0 Å². The highest BCUT2D eigenvalue weighted by Gasteiger charge is 2.17. The van der Waals surface area contributed by atoms with Crippen LogP contribution in [0.4, 0.5) is 0 Å². The lowest BCUT2D eigenvalue weighted by atomic mass is 9.98. The highest BCUT2D eigenvalue weighted by molar-refractivity contribution is 7.10. The van der Waals surface area contributed by atoms with E-state index in [1.165, 1.54) is 36.1 Å². The van der Waals surface area contributed by atoms with Crippen molar-refractivity contribution in [3.05, 3.63) is 56.8 Å². The van der Waals surface area contributed by atoms with Crippen LogP contribution in [0, 0.1) is 0 Å². The summed E-state index contributed by atoms with van der Waals surface area (Å²) in [5, 5.41) is 5.70. The molecule has 2 aliphatic heterocycles. The van der Waals surface area contributed by atoms with Gasteiger partial charge in [-0.2, -0.15) is 0 Å². The van der Waals surface area contributed by atoms with Gasteiger partial charge < -0.3 is 5.32 Å². The lowest BCUT2D eigenvalue weighted by Gasteiger charge is -2.27. The molecule has 0 atom stereocenters. The molecule has 2 nitrogen and oxygen atoms in total. The van der Waals surface area contributed by atoms with E-state index in [2.05, 4.69) is 39.9 Å². The first kappa shape index (κ1) is 12.6. The molecular formula is C17H20N2S. The number of fused-ring (bicyclic) bond motifs is 2. The summed E-state index contributed by atoms with van der Waals surface area (Å²) in [5.74, 6) is 0. The fourth-order valence-corrected chi connectivity index (χ4v) is 4.22. The summed E-state index contributed by atoms with van der Waals surface area (Å²) < 4.78 is 0. The average Bonchev–Trinajstić information content (AvgIpc) is 2.95. The Balaban J connectivity index is 1.49. The summed E-state index contributed by atoms with van der Waals surface area (Å²) in [6, 6.07) is 9.37. The van der Waals surface area contributed by atoms with E-state index in [9.17, 15) is 0 Å². The lowest BCUT2D eigenvalue weighted by molar-refractivity contribution is 0.247. The predicted molar refractivity (Wildman–Crippen MR) is 84.0 cm³/mol. The van der Waals surface area contributed by atoms with Crippen molar-refractivity contribution in [2.45, 2.75) is 32.5 Å². The van der Waals surface area contributed by atoms with Gasteiger partial charge in [0.25, 0.3) is 0 Å². The molecule has 4 rings (SSSR count). The van der Waals surface area contributed by atoms with Gasteiger partial charge in [0.1, 0.15) is 0 Å². The van der Waals surface area contributed by atoms with E-state index >= 15 is 0 Å². The molecule has 0 saturated heterocycles. The van der Waals surface area contributed by atoms with Crippen LogP contribution in [0.1, 0.15) is 27.1 Å². The van der Waals surface area contributed by atoms with E-state index in [4.69, 9.17) is 0 Å². The van der Waals surface area contributed by atoms with Crippen LogP contribution in [0.3, 0.4) is 0 Å². The third-order valence-corrected chi connectivity index (χ3v) is 5.47. The molecule has 104 valence electrons. The zero-order valence-corrected chi connectivity index (χ0v) is 12.5. The minimum atomic E-state index is 1.04. The van der Waals surface area contributed by atoms with Crippen molar-refractivity contribution in [3.63, 3.8) is 0 Å². The van der Waals surface area contributed by atoms with Gasteiger partial charge in [-0.05, 0) is 53.1 Å². The van der Waals surface area contributed by atoms with Crippen LogP contribution < -0.4 is 5.32 Å². The third-order valence-electron chi connectivity index (χ3n) is 4.45. The van der Waals surface area contributed by atoms with Gasteiger partial charge in [-0.3, -0.25) is 4.90 Å². The Morgan fingerprint density at radius 2 is 2.10 bits per heavy atom. The summed E-state index contributed by atoms with van der Waals surface area (Å²) in [7, 11) is 0. The SMILES string of the molecule is c1cc2c(s1)CCN(Cc1ccc3c(c1)CNCC3)C2. The quantitative estimate of drug-likeness (QED) is 0.912. The van der Waals surface area contributed by atoms with Gasteiger partial charge in [0.15, 0.2) is 0 Å². The van der Waals surface area contributed by atoms with Gasteiger partial charge in [0.2, 0.25) is 0 Å². The van der Waals surface area contributed by atoms with E-state index in [1.807, 2.05) is 11.3 Å². The summed E-state index contributed by atoms with van der Waals surface area (Å²) >= 11 is 1.92. The zero-order chi connectivity index (χ0) is 13.4. The first-order valence-corrected chi connectivity index (χ1v) is 8.35. The zero-order valence-electron chi connectivity index (χ0n) is 11.7. The molecule has 2 aromatic rings. The van der Waals surface area contributed by atoms with E-state index < -0.39 is 0 Å². The van der Waals surface area contributed by atoms with E-state index in [1.54, 1.807) is 10.4 Å². The topological polar surface area (TPSA) is 15.3 Å². The molecule has 0 bridgehead atoms. The number of hydrogen-bond acceptors (Lipinski definition) is 3. The van der Waals surface area contributed by atoms with Crippen LogP contribution >= 0.6 is 11.3 Å². The van der Waals surface area contributed by atoms with Crippen LogP contribution in [-0.2, 0) is 32.5 Å². The predicted octanol–water partition coefficient (Wildman–Crippen LogP) is 2.95. The van der Waals surface area contributed by atoms with Gasteiger partial charge in [-0.1, -0.05) is 18.2 Å². The number of nitrogens with one attached hydrogen (secondary N) is 1. The maximum absolute atomic E-state index is 3.47. The van der Waals surface area contributed by atoms with Gasteiger partial charge in [-0.15, -0.1) is 11.3 Å². The van der Waals surface area contributed by atoms with Crippen LogP contribution in [0.2, 0.25) is 0 Å². The summed E-state index contributed by atoms with van der Waals surface area (Å²) in [4.78, 5) is 4.17. The molecule has 1 aromatic heterocycles. The number of benzene rings is 1. The van der Waals surface area contributed by atoms with Gasteiger partial charge in [0.05, 0.1) is 0 Å². The van der Waals surface area contributed by atoms with Crippen molar-refractivity contribution in [2.75, 3.05) is 13.1 Å². The van der Waals surface area contributed by atoms with Crippen LogP contribution in [0.25, 0.3) is 0 Å². The molecule has 0 fully saturated rings. The van der Waals surface area contributed by atoms with E-state index in [0.717, 1.165) is 26.2 Å². The number of hydrogen-bond donors (Lipinski definition) is 1. The van der Waals surface area contributed by atoms with Gasteiger partial charge in [-0.25, -0.2) is 0 Å². The fourth-order valence-electron chi connectivity index (χ4n) is 3.33. The number of nitrogens with zero attached hydrogens (tertiary/aromatic N) is 1. The van der Waals surface area contributed by atoms with Crippen molar-refractivity contribution in [2.24, 2.45) is 0 Å². The lowest BCUT2D eigenvalue weighted by Crippen LogP contribution is -2.29. The Bertz CT molecular complexity index is 617. The second-order valence-electron chi connectivity index (χ2n) is 5.86. The van der Waals surface area contributed by atoms with E-state index in [0.29, 0.717) is 0 Å². The van der Waals surface area contributed by atoms with Crippen molar-refractivity contribution in [1.82, 2.24) is 10.2 Å². The first-order valence-electron chi connectivity index (χ1n) is 7.47. The molecule has 20 heavy (non-hydrogen) atoms. The maximum Gasteiger partial charge on any atom is 0.0248 e. The smallest absolute Gasteiger partial charge is 0.0248 e. The Morgan fingerprint density at radius 1 is 1.10 bits per heavy atom. The highest BCUT2D eigenvalue weighted by Crippen LogP contribution is 2.25. The van der Waals surface area contributed by atoms with Crippen molar-refractivity contribution in [3.8, 4) is 0 Å². The first-order chi connectivity index (χ1) is 9.88. The Labute approximate surface area is 124 Å². The number of thiophene rings is 1. The maximum atomic E-state index is 3.47. The minimum absolute atomic E-state index is 1.04. The Morgan fingerprint density at radius 3 is 3.10 bits per heavy atom. The molecule has 0 saturated carbocycles. The summed E-state index contributed by atoms with van der Waals surface area (Å²) in [6.45, 7) is 5.57. The summed E-state index contributed by atoms with van der Waals surface area (Å²) in [5.41, 5.74) is 6.04. The largest absolute Gasteiger partial charge is 0.312 e. The Hall–Kier alpha value is -1.16. The van der Waals surface area contributed by atoms with Crippen molar-refractivity contribution < 1.29 is 0 Å². The molecule has 3 heteroatoms. The normalized spacial score (nSPS) is 18.6. The molecule has 0 radical (unpaired) electrons. The Kier molecular flexibility index (Phi) is 3.34. The standard InChI is InChI=1S/C17H20N2S/c1-2-14-3-6-18-10-16(14)9-13(1)11-19-7-4-17-15(12-19)5-8-20-17/h1-2,5,8-9,18H,3-4,6-7,10-12H2. The molecule has 1 aromatic carbocycles. The monoisotopic (exact) mass is 284 g/mol.